The Morgan fingerprint density at radius 3 is 2.70 bits per heavy atom. The minimum Gasteiger partial charge on any atom is -0.454 e. The predicted octanol–water partition coefficient (Wildman–Crippen LogP) is 1.22. The van der Waals surface area contributed by atoms with Gasteiger partial charge in [-0.3, -0.25) is 14.6 Å². The number of hydrogen-bond acceptors (Lipinski definition) is 4. The SMILES string of the molecule is CN=C(NCc1ccc(C(N)=O)o1)NC1CCN(C(=O)C2CCCCC2)C1. The first-order valence-electron chi connectivity index (χ1n) is 9.71. The summed E-state index contributed by atoms with van der Waals surface area (Å²) in [5, 5.41) is 6.53. The van der Waals surface area contributed by atoms with E-state index in [1.54, 1.807) is 19.2 Å². The van der Waals surface area contributed by atoms with Gasteiger partial charge in [-0.05, 0) is 31.4 Å². The summed E-state index contributed by atoms with van der Waals surface area (Å²) in [4.78, 5) is 30.0. The van der Waals surface area contributed by atoms with E-state index in [-0.39, 0.29) is 17.7 Å². The van der Waals surface area contributed by atoms with Gasteiger partial charge in [0.15, 0.2) is 11.7 Å². The van der Waals surface area contributed by atoms with Crippen molar-refractivity contribution in [1.29, 1.82) is 0 Å². The quantitative estimate of drug-likeness (QED) is 0.529. The van der Waals surface area contributed by atoms with Crippen LogP contribution in [0.15, 0.2) is 21.5 Å². The van der Waals surface area contributed by atoms with E-state index in [2.05, 4.69) is 15.6 Å². The maximum Gasteiger partial charge on any atom is 0.284 e. The second-order valence-corrected chi connectivity index (χ2v) is 7.31. The van der Waals surface area contributed by atoms with Crippen molar-refractivity contribution in [3.63, 3.8) is 0 Å². The van der Waals surface area contributed by atoms with E-state index in [1.807, 2.05) is 4.90 Å². The molecule has 0 radical (unpaired) electrons. The highest BCUT2D eigenvalue weighted by molar-refractivity contribution is 5.89. The van der Waals surface area contributed by atoms with Gasteiger partial charge in [0.05, 0.1) is 6.54 Å². The van der Waals surface area contributed by atoms with Crippen molar-refractivity contribution in [1.82, 2.24) is 15.5 Å². The van der Waals surface area contributed by atoms with Crippen LogP contribution >= 0.6 is 0 Å². The standard InChI is InChI=1S/C19H29N5O3/c1-21-19(22-11-15-7-8-16(27-15)17(20)25)23-14-9-10-24(12-14)18(26)13-5-3-2-4-6-13/h7-8,13-14H,2-6,9-12H2,1H3,(H2,20,25)(H2,21,22,23). The zero-order chi connectivity index (χ0) is 19.2. The first-order chi connectivity index (χ1) is 13.1. The molecule has 4 N–H and O–H groups in total. The Kier molecular flexibility index (Phi) is 6.36. The van der Waals surface area contributed by atoms with E-state index < -0.39 is 5.91 Å². The molecule has 8 heteroatoms. The number of carbonyl (C=O) groups is 2. The lowest BCUT2D eigenvalue weighted by Crippen LogP contribution is -2.45. The van der Waals surface area contributed by atoms with Crippen molar-refractivity contribution in [2.45, 2.75) is 51.1 Å². The molecule has 0 bridgehead atoms. The smallest absolute Gasteiger partial charge is 0.284 e. The molecule has 1 aliphatic carbocycles. The molecule has 8 nitrogen and oxygen atoms in total. The molecule has 1 aliphatic heterocycles. The Labute approximate surface area is 159 Å². The van der Waals surface area contributed by atoms with E-state index in [9.17, 15) is 9.59 Å². The number of guanidine groups is 1. The number of amides is 2. The van der Waals surface area contributed by atoms with E-state index >= 15 is 0 Å². The molecule has 2 heterocycles. The van der Waals surface area contributed by atoms with Crippen molar-refractivity contribution in [2.24, 2.45) is 16.6 Å². The summed E-state index contributed by atoms with van der Waals surface area (Å²) in [6.45, 7) is 1.90. The summed E-state index contributed by atoms with van der Waals surface area (Å²) in [6.07, 6.45) is 6.58. The van der Waals surface area contributed by atoms with Gasteiger partial charge in [-0.2, -0.15) is 0 Å². The van der Waals surface area contributed by atoms with Gasteiger partial charge < -0.3 is 25.7 Å². The van der Waals surface area contributed by atoms with Crippen LogP contribution in [0.25, 0.3) is 0 Å². The van der Waals surface area contributed by atoms with Gasteiger partial charge >= 0.3 is 0 Å². The van der Waals surface area contributed by atoms with Crippen LogP contribution in [-0.4, -0.2) is 48.9 Å². The highest BCUT2D eigenvalue weighted by atomic mass is 16.3. The van der Waals surface area contributed by atoms with Crippen LogP contribution in [0.2, 0.25) is 0 Å². The summed E-state index contributed by atoms with van der Waals surface area (Å²) in [5.74, 6) is 1.33. The third-order valence-electron chi connectivity index (χ3n) is 5.35. The molecule has 1 aromatic heterocycles. The summed E-state index contributed by atoms with van der Waals surface area (Å²) in [5.41, 5.74) is 5.19. The van der Waals surface area contributed by atoms with Crippen LogP contribution < -0.4 is 16.4 Å². The minimum absolute atomic E-state index is 0.141. The first-order valence-corrected chi connectivity index (χ1v) is 9.71. The normalized spacial score (nSPS) is 21.3. The number of nitrogens with zero attached hydrogens (tertiary/aromatic N) is 2. The fourth-order valence-electron chi connectivity index (χ4n) is 3.85. The molecule has 0 aromatic carbocycles. The number of nitrogens with one attached hydrogen (secondary N) is 2. The van der Waals surface area contributed by atoms with Crippen molar-refractivity contribution < 1.29 is 14.0 Å². The van der Waals surface area contributed by atoms with Gasteiger partial charge in [-0.15, -0.1) is 0 Å². The van der Waals surface area contributed by atoms with E-state index in [1.165, 1.54) is 19.3 Å². The maximum absolute atomic E-state index is 12.7. The molecular formula is C19H29N5O3. The zero-order valence-corrected chi connectivity index (χ0v) is 15.9. The molecule has 0 spiro atoms. The van der Waals surface area contributed by atoms with Crippen LogP contribution in [0, 0.1) is 5.92 Å². The number of likely N-dealkylation sites (tertiary alicyclic amines) is 1. The number of carbonyl (C=O) groups excluding carboxylic acids is 2. The molecule has 1 atom stereocenters. The lowest BCUT2D eigenvalue weighted by molar-refractivity contribution is -0.135. The number of furan rings is 1. The maximum atomic E-state index is 12.7. The second kappa shape index (κ2) is 8.92. The molecule has 148 valence electrons. The Morgan fingerprint density at radius 2 is 2.04 bits per heavy atom. The molecule has 2 aliphatic rings. The highest BCUT2D eigenvalue weighted by Gasteiger charge is 2.31. The number of aliphatic imine (C=N–C) groups is 1. The van der Waals surface area contributed by atoms with Crippen molar-refractivity contribution >= 4 is 17.8 Å². The molecule has 2 fully saturated rings. The lowest BCUT2D eigenvalue weighted by atomic mass is 9.88. The number of nitrogens with two attached hydrogens (primary N) is 1. The van der Waals surface area contributed by atoms with E-state index in [4.69, 9.17) is 10.2 Å². The number of primary amides is 1. The van der Waals surface area contributed by atoms with Crippen molar-refractivity contribution in [3.05, 3.63) is 23.7 Å². The molecule has 1 saturated carbocycles. The van der Waals surface area contributed by atoms with Crippen molar-refractivity contribution in [3.8, 4) is 0 Å². The third kappa shape index (κ3) is 5.02. The fourth-order valence-corrected chi connectivity index (χ4v) is 3.85. The number of hydrogen-bond donors (Lipinski definition) is 3. The van der Waals surface area contributed by atoms with Crippen LogP contribution in [0.1, 0.15) is 54.8 Å². The average Bonchev–Trinajstić information content (AvgIpc) is 3.35. The molecule has 2 amide bonds. The lowest BCUT2D eigenvalue weighted by Gasteiger charge is -2.26. The van der Waals surface area contributed by atoms with Crippen LogP contribution in [-0.2, 0) is 11.3 Å². The monoisotopic (exact) mass is 375 g/mol. The molecule has 1 unspecified atom stereocenters. The summed E-state index contributed by atoms with van der Waals surface area (Å²) >= 11 is 0. The molecule has 1 saturated heterocycles. The van der Waals surface area contributed by atoms with Crippen LogP contribution in [0.3, 0.4) is 0 Å². The predicted molar refractivity (Wildman–Crippen MR) is 102 cm³/mol. The van der Waals surface area contributed by atoms with Gasteiger partial charge in [0.25, 0.3) is 5.91 Å². The Morgan fingerprint density at radius 1 is 1.26 bits per heavy atom. The summed E-state index contributed by atoms with van der Waals surface area (Å²) in [6, 6.07) is 3.45. The topological polar surface area (TPSA) is 113 Å². The van der Waals surface area contributed by atoms with Crippen LogP contribution in [0.5, 0.6) is 0 Å². The van der Waals surface area contributed by atoms with Gasteiger partial charge in [0.2, 0.25) is 5.91 Å². The average molecular weight is 375 g/mol. The number of rotatable bonds is 5. The van der Waals surface area contributed by atoms with Gasteiger partial charge in [0, 0.05) is 32.1 Å². The Hall–Kier alpha value is -2.51. The Balaban J connectivity index is 1.45. The first kappa shape index (κ1) is 19.3. The van der Waals surface area contributed by atoms with Crippen molar-refractivity contribution in [2.75, 3.05) is 20.1 Å². The Bertz CT molecular complexity index is 693. The summed E-state index contributed by atoms with van der Waals surface area (Å²) < 4.78 is 5.35. The van der Waals surface area contributed by atoms with E-state index in [0.717, 1.165) is 25.8 Å². The highest BCUT2D eigenvalue weighted by Crippen LogP contribution is 2.26. The molecule has 3 rings (SSSR count). The fraction of sp³-hybridized carbons (Fsp3) is 0.632. The molecular weight excluding hydrogens is 346 g/mol. The largest absolute Gasteiger partial charge is 0.454 e. The third-order valence-corrected chi connectivity index (χ3v) is 5.35. The minimum atomic E-state index is -0.586. The second-order valence-electron chi connectivity index (χ2n) is 7.31. The van der Waals surface area contributed by atoms with E-state index in [0.29, 0.717) is 30.7 Å². The van der Waals surface area contributed by atoms with Gasteiger partial charge in [0.1, 0.15) is 5.76 Å². The molecule has 1 aromatic rings. The van der Waals surface area contributed by atoms with Gasteiger partial charge in [-0.1, -0.05) is 19.3 Å². The molecule has 27 heavy (non-hydrogen) atoms. The van der Waals surface area contributed by atoms with Crippen LogP contribution in [0.4, 0.5) is 0 Å². The van der Waals surface area contributed by atoms with Gasteiger partial charge in [-0.25, -0.2) is 0 Å². The summed E-state index contributed by atoms with van der Waals surface area (Å²) in [7, 11) is 1.70. The zero-order valence-electron chi connectivity index (χ0n) is 15.9.